The minimum atomic E-state index is -0.267. The minimum absolute atomic E-state index is 0.0829. The molecular weight excluding hydrogens is 438 g/mol. The zero-order valence-corrected chi connectivity index (χ0v) is 20.6. The smallest absolute Gasteiger partial charge is 0.252 e. The van der Waals surface area contributed by atoms with Crippen LogP contribution in [0.1, 0.15) is 71.4 Å². The van der Waals surface area contributed by atoms with Crippen LogP contribution >= 0.6 is 11.6 Å². The molecule has 0 spiro atoms. The number of nitrogens with one attached hydrogen (secondary N) is 2. The lowest BCUT2D eigenvalue weighted by Gasteiger charge is -2.34. The molecule has 178 valence electrons. The normalized spacial score (nSPS) is 21.2. The Bertz CT molecular complexity index is 1070. The average Bonchev–Trinajstić information content (AvgIpc) is 3.30. The number of hydrogen-bond donors (Lipinski definition) is 2. The number of carbonyl (C=O) groups is 1. The van der Waals surface area contributed by atoms with E-state index >= 15 is 0 Å². The highest BCUT2D eigenvalue weighted by Gasteiger charge is 2.29. The second-order valence-electron chi connectivity index (χ2n) is 9.47. The molecule has 2 aliphatic rings. The van der Waals surface area contributed by atoms with Gasteiger partial charge in [-0.05, 0) is 84.5 Å². The van der Waals surface area contributed by atoms with Crippen molar-refractivity contribution < 1.29 is 9.53 Å². The van der Waals surface area contributed by atoms with Gasteiger partial charge in [0.05, 0.1) is 6.10 Å². The summed E-state index contributed by atoms with van der Waals surface area (Å²) >= 11 is 6.36. The number of hydrogen-bond acceptors (Lipinski definition) is 4. The largest absolute Gasteiger partial charge is 0.490 e. The third-order valence-electron chi connectivity index (χ3n) is 7.07. The van der Waals surface area contributed by atoms with Gasteiger partial charge in [0.1, 0.15) is 5.75 Å². The minimum Gasteiger partial charge on any atom is -0.490 e. The number of likely N-dealkylation sites (tertiary alicyclic amines) is 1. The van der Waals surface area contributed by atoms with Crippen LogP contribution in [0.25, 0.3) is 0 Å². The fourth-order valence-corrected chi connectivity index (χ4v) is 5.39. The topological polar surface area (TPSA) is 74.4 Å². The molecule has 4 rings (SSSR count). The van der Waals surface area contributed by atoms with E-state index in [9.17, 15) is 9.59 Å². The molecule has 1 aliphatic heterocycles. The highest BCUT2D eigenvalue weighted by atomic mass is 35.5. The molecule has 0 unspecified atom stereocenters. The van der Waals surface area contributed by atoms with Gasteiger partial charge in [-0.1, -0.05) is 11.6 Å². The van der Waals surface area contributed by atoms with E-state index in [-0.39, 0.29) is 24.0 Å². The molecule has 1 aromatic heterocycles. The number of halogens is 1. The maximum absolute atomic E-state index is 13.0. The molecule has 6 nitrogen and oxygen atoms in total. The number of ether oxygens (including phenoxy) is 1. The van der Waals surface area contributed by atoms with Crippen LogP contribution in [0.4, 0.5) is 0 Å². The maximum Gasteiger partial charge on any atom is 0.252 e. The summed E-state index contributed by atoms with van der Waals surface area (Å²) in [5, 5.41) is 3.34. The van der Waals surface area contributed by atoms with Crippen LogP contribution in [0.2, 0.25) is 5.02 Å². The third kappa shape index (κ3) is 5.61. The van der Waals surface area contributed by atoms with Gasteiger partial charge in [0.15, 0.2) is 5.43 Å². The maximum atomic E-state index is 13.0. The molecule has 0 atom stereocenters. The van der Waals surface area contributed by atoms with Crippen molar-refractivity contribution in [1.29, 1.82) is 0 Å². The molecule has 1 saturated heterocycles. The Morgan fingerprint density at radius 1 is 1.12 bits per heavy atom. The van der Waals surface area contributed by atoms with Crippen LogP contribution in [-0.2, 0) is 6.54 Å². The first-order valence-electron chi connectivity index (χ1n) is 12.0. The summed E-state index contributed by atoms with van der Waals surface area (Å²) in [6, 6.07) is 5.69. The summed E-state index contributed by atoms with van der Waals surface area (Å²) in [6.45, 7) is 8.19. The summed E-state index contributed by atoms with van der Waals surface area (Å²) < 4.78 is 6.34. The van der Waals surface area contributed by atoms with E-state index in [0.29, 0.717) is 27.9 Å². The van der Waals surface area contributed by atoms with Crippen molar-refractivity contribution in [2.24, 2.45) is 0 Å². The molecule has 7 heteroatoms. The van der Waals surface area contributed by atoms with E-state index in [4.69, 9.17) is 16.3 Å². The number of carbonyl (C=O) groups excluding carboxylic acids is 1. The van der Waals surface area contributed by atoms with Gasteiger partial charge in [0, 0.05) is 51.8 Å². The number of amides is 1. The third-order valence-corrected chi connectivity index (χ3v) is 7.29. The quantitative estimate of drug-likeness (QED) is 0.642. The van der Waals surface area contributed by atoms with Crippen LogP contribution in [0.5, 0.6) is 5.75 Å². The Balaban J connectivity index is 1.41. The molecule has 2 aromatic rings. The zero-order valence-electron chi connectivity index (χ0n) is 19.8. The number of nitrogens with zero attached hydrogens (tertiary/aromatic N) is 1. The van der Waals surface area contributed by atoms with Crippen LogP contribution in [0.15, 0.2) is 23.0 Å². The van der Waals surface area contributed by atoms with E-state index in [0.717, 1.165) is 42.6 Å². The van der Waals surface area contributed by atoms with E-state index < -0.39 is 0 Å². The fraction of sp³-hybridized carbons (Fsp3) is 0.538. The Labute approximate surface area is 200 Å². The molecule has 1 amide bonds. The van der Waals surface area contributed by atoms with Gasteiger partial charge >= 0.3 is 0 Å². The fourth-order valence-electron chi connectivity index (χ4n) is 5.19. The number of aryl methyl sites for hydroxylation is 2. The Morgan fingerprint density at radius 3 is 2.48 bits per heavy atom. The monoisotopic (exact) mass is 471 g/mol. The Morgan fingerprint density at radius 2 is 1.82 bits per heavy atom. The summed E-state index contributed by atoms with van der Waals surface area (Å²) in [5.41, 5.74) is 3.28. The summed E-state index contributed by atoms with van der Waals surface area (Å²) in [6.07, 6.45) is 7.13. The number of pyridine rings is 1. The zero-order chi connectivity index (χ0) is 23.5. The van der Waals surface area contributed by atoms with Crippen molar-refractivity contribution in [1.82, 2.24) is 15.2 Å². The average molecular weight is 472 g/mol. The van der Waals surface area contributed by atoms with Crippen molar-refractivity contribution in [3.8, 4) is 5.75 Å². The van der Waals surface area contributed by atoms with E-state index in [1.807, 2.05) is 20.8 Å². The van der Waals surface area contributed by atoms with E-state index in [1.165, 1.54) is 25.9 Å². The molecule has 2 fully saturated rings. The number of rotatable bonds is 6. The molecular formula is C26H34ClN3O3. The number of aromatic nitrogens is 1. The number of benzene rings is 1. The lowest BCUT2D eigenvalue weighted by molar-refractivity contribution is 0.0940. The number of aromatic amines is 1. The van der Waals surface area contributed by atoms with Gasteiger partial charge in [0.2, 0.25) is 0 Å². The van der Waals surface area contributed by atoms with Gasteiger partial charge in [-0.3, -0.25) is 9.59 Å². The molecule has 1 aliphatic carbocycles. The van der Waals surface area contributed by atoms with Crippen LogP contribution in [0.3, 0.4) is 0 Å². The first-order chi connectivity index (χ1) is 15.8. The molecule has 33 heavy (non-hydrogen) atoms. The highest BCUT2D eigenvalue weighted by molar-refractivity contribution is 6.31. The van der Waals surface area contributed by atoms with Gasteiger partial charge in [0.25, 0.3) is 5.91 Å². The Kier molecular flexibility index (Phi) is 7.45. The predicted molar refractivity (Wildman–Crippen MR) is 131 cm³/mol. The van der Waals surface area contributed by atoms with Crippen molar-refractivity contribution >= 4 is 17.5 Å². The second-order valence-corrected chi connectivity index (χ2v) is 9.91. The van der Waals surface area contributed by atoms with Gasteiger partial charge in [-0.15, -0.1) is 0 Å². The first kappa shape index (κ1) is 23.8. The van der Waals surface area contributed by atoms with Gasteiger partial charge in [-0.2, -0.15) is 0 Å². The van der Waals surface area contributed by atoms with Crippen LogP contribution in [-0.4, -0.2) is 41.0 Å². The SMILES string of the molecule is Cc1cc(=O)c(CNC(=O)c2cc(Cl)cc(O[C@H]3CC[C@H](N4CCCC4)CC3)c2C)c(C)[nH]1. The standard InChI is InChI=1S/C26H34ClN3O3/c1-16-12-24(31)23(18(3)29-16)15-28-26(32)22-13-19(27)14-25(17(22)2)33-21-8-6-20(7-9-21)30-10-4-5-11-30/h12-14,20-21H,4-11,15H2,1-3H3,(H,28,32)(H,29,31)/t20-,21-. The molecule has 1 saturated carbocycles. The summed E-state index contributed by atoms with van der Waals surface area (Å²) in [7, 11) is 0. The lowest BCUT2D eigenvalue weighted by Crippen LogP contribution is -2.38. The molecule has 2 N–H and O–H groups in total. The highest BCUT2D eigenvalue weighted by Crippen LogP contribution is 2.32. The first-order valence-corrected chi connectivity index (χ1v) is 12.4. The van der Waals surface area contributed by atoms with E-state index in [1.54, 1.807) is 18.2 Å². The van der Waals surface area contributed by atoms with Gasteiger partial charge < -0.3 is 19.9 Å². The van der Waals surface area contributed by atoms with Crippen LogP contribution in [0, 0.1) is 20.8 Å². The summed E-state index contributed by atoms with van der Waals surface area (Å²) in [4.78, 5) is 31.0. The molecule has 0 radical (unpaired) electrons. The van der Waals surface area contributed by atoms with Crippen LogP contribution < -0.4 is 15.5 Å². The van der Waals surface area contributed by atoms with Crippen molar-refractivity contribution in [2.75, 3.05) is 13.1 Å². The molecule has 0 bridgehead atoms. The van der Waals surface area contributed by atoms with Crippen molar-refractivity contribution in [2.45, 2.75) is 78.0 Å². The molecule has 2 heterocycles. The summed E-state index contributed by atoms with van der Waals surface area (Å²) in [5.74, 6) is 0.401. The van der Waals surface area contributed by atoms with Gasteiger partial charge in [-0.25, -0.2) is 0 Å². The molecule has 1 aromatic carbocycles. The van der Waals surface area contributed by atoms with E-state index in [2.05, 4.69) is 15.2 Å². The predicted octanol–water partition coefficient (Wildman–Crippen LogP) is 4.67. The van der Waals surface area contributed by atoms with Crippen molar-refractivity contribution in [3.05, 3.63) is 61.5 Å². The lowest BCUT2D eigenvalue weighted by atomic mass is 9.92. The van der Waals surface area contributed by atoms with Crippen molar-refractivity contribution in [3.63, 3.8) is 0 Å². The number of H-pyrrole nitrogens is 1. The Hall–Kier alpha value is -2.31. The second kappa shape index (κ2) is 10.3.